The third kappa shape index (κ3) is 5.17. The highest BCUT2D eigenvalue weighted by atomic mass is 16.5. The molecule has 1 aliphatic rings. The number of nitrogens with zero attached hydrogens (tertiary/aromatic N) is 3. The Kier molecular flexibility index (Phi) is 7.25. The second-order valence-electron chi connectivity index (χ2n) is 7.97. The summed E-state index contributed by atoms with van der Waals surface area (Å²) in [4.78, 5) is 9.43. The molecule has 0 bridgehead atoms. The first-order valence-corrected chi connectivity index (χ1v) is 11.8. The van der Waals surface area contributed by atoms with Gasteiger partial charge in [-0.2, -0.15) is 0 Å². The molecule has 2 N–H and O–H groups in total. The number of nitrogens with one attached hydrogen (secondary N) is 2. The van der Waals surface area contributed by atoms with Crippen LogP contribution in [-0.4, -0.2) is 28.0 Å². The van der Waals surface area contributed by atoms with Gasteiger partial charge in [0.15, 0.2) is 11.5 Å². The second kappa shape index (κ2) is 10.5. The first kappa shape index (κ1) is 22.8. The summed E-state index contributed by atoms with van der Waals surface area (Å²) in [5, 5.41) is 6.85. The molecule has 1 aliphatic carbocycles. The molecule has 0 radical (unpaired) electrons. The van der Waals surface area contributed by atoms with E-state index < -0.39 is 0 Å². The van der Waals surface area contributed by atoms with Crippen molar-refractivity contribution in [3.05, 3.63) is 72.2 Å². The lowest BCUT2D eigenvalue weighted by molar-refractivity contribution is 0.410. The fourth-order valence-electron chi connectivity index (χ4n) is 3.92. The summed E-state index contributed by atoms with van der Waals surface area (Å²) < 4.78 is 7.66. The van der Waals surface area contributed by atoms with Crippen molar-refractivity contribution in [3.8, 4) is 17.0 Å². The lowest BCUT2D eigenvalue weighted by Gasteiger charge is -2.13. The van der Waals surface area contributed by atoms with E-state index in [9.17, 15) is 0 Å². The van der Waals surface area contributed by atoms with Gasteiger partial charge in [-0.3, -0.25) is 0 Å². The molecule has 0 unspecified atom stereocenters. The van der Waals surface area contributed by atoms with E-state index in [0.29, 0.717) is 5.92 Å². The standard InChI is InChI=1S/C25H27N5O.C2H6/c1-3-26-15-17-5-4-6-19(13-17)22-16-30-12-11-27-25(30)24(29-22)28-20-9-10-21(18-7-8-18)23(14-20)31-2;1-2/h4-6,9-14,16,18,26H,3,7-8,15H2,1-2H3,(H,28,29);1-2H3. The van der Waals surface area contributed by atoms with Gasteiger partial charge in [0.25, 0.3) is 0 Å². The average molecular weight is 444 g/mol. The Morgan fingerprint density at radius 3 is 2.73 bits per heavy atom. The van der Waals surface area contributed by atoms with E-state index in [1.807, 2.05) is 30.6 Å². The molecule has 0 spiro atoms. The summed E-state index contributed by atoms with van der Waals surface area (Å²) in [6.45, 7) is 7.90. The van der Waals surface area contributed by atoms with Gasteiger partial charge in [-0.05, 0) is 48.6 Å². The van der Waals surface area contributed by atoms with Gasteiger partial charge in [-0.15, -0.1) is 0 Å². The lowest BCUT2D eigenvalue weighted by atomic mass is 10.1. The quantitative estimate of drug-likeness (QED) is 0.341. The fraction of sp³-hybridized carbons (Fsp3) is 0.333. The van der Waals surface area contributed by atoms with Crippen molar-refractivity contribution in [2.75, 3.05) is 19.0 Å². The van der Waals surface area contributed by atoms with Crippen LogP contribution >= 0.6 is 0 Å². The molecule has 2 aromatic carbocycles. The summed E-state index contributed by atoms with van der Waals surface area (Å²) in [6, 6.07) is 14.8. The number of aromatic nitrogens is 3. The van der Waals surface area contributed by atoms with Gasteiger partial charge < -0.3 is 19.8 Å². The Labute approximate surface area is 196 Å². The van der Waals surface area contributed by atoms with E-state index in [1.54, 1.807) is 13.3 Å². The summed E-state index contributed by atoms with van der Waals surface area (Å²) in [5.74, 6) is 2.29. The molecular weight excluding hydrogens is 410 g/mol. The van der Waals surface area contributed by atoms with Crippen molar-refractivity contribution in [1.82, 2.24) is 19.7 Å². The Hall–Kier alpha value is -3.38. The topological polar surface area (TPSA) is 63.5 Å². The van der Waals surface area contributed by atoms with Gasteiger partial charge in [0.2, 0.25) is 0 Å². The van der Waals surface area contributed by atoms with Crippen LogP contribution in [0.25, 0.3) is 16.9 Å². The normalized spacial score (nSPS) is 12.8. The van der Waals surface area contributed by atoms with E-state index >= 15 is 0 Å². The molecule has 1 fully saturated rings. The molecule has 0 aliphatic heterocycles. The van der Waals surface area contributed by atoms with Gasteiger partial charge in [0.05, 0.1) is 12.8 Å². The van der Waals surface area contributed by atoms with Crippen molar-refractivity contribution >= 4 is 17.2 Å². The van der Waals surface area contributed by atoms with E-state index in [0.717, 1.165) is 47.2 Å². The molecule has 0 atom stereocenters. The molecule has 4 aromatic rings. The van der Waals surface area contributed by atoms with E-state index in [4.69, 9.17) is 9.72 Å². The molecule has 1 saturated carbocycles. The number of imidazole rings is 1. The van der Waals surface area contributed by atoms with Gasteiger partial charge in [-0.1, -0.05) is 45.0 Å². The Bertz CT molecular complexity index is 1210. The number of fused-ring (bicyclic) bond motifs is 1. The summed E-state index contributed by atoms with van der Waals surface area (Å²) in [7, 11) is 1.73. The number of rotatable bonds is 8. The zero-order chi connectivity index (χ0) is 23.2. The van der Waals surface area contributed by atoms with Gasteiger partial charge in [0, 0.05) is 42.5 Å². The van der Waals surface area contributed by atoms with Crippen molar-refractivity contribution < 1.29 is 4.74 Å². The molecule has 6 nitrogen and oxygen atoms in total. The highest BCUT2D eigenvalue weighted by Crippen LogP contribution is 2.45. The van der Waals surface area contributed by atoms with Crippen LogP contribution in [0.5, 0.6) is 5.75 Å². The van der Waals surface area contributed by atoms with Crippen LogP contribution in [-0.2, 0) is 6.54 Å². The third-order valence-electron chi connectivity index (χ3n) is 5.69. The summed E-state index contributed by atoms with van der Waals surface area (Å²) >= 11 is 0. The molecule has 0 amide bonds. The van der Waals surface area contributed by atoms with E-state index in [-0.39, 0.29) is 0 Å². The lowest BCUT2D eigenvalue weighted by Crippen LogP contribution is -2.11. The molecular formula is C27H33N5O. The molecule has 2 aromatic heterocycles. The minimum Gasteiger partial charge on any atom is -0.496 e. The summed E-state index contributed by atoms with van der Waals surface area (Å²) in [5.41, 5.74) is 6.23. The molecule has 172 valence electrons. The molecule has 0 saturated heterocycles. The fourth-order valence-corrected chi connectivity index (χ4v) is 3.92. The first-order valence-electron chi connectivity index (χ1n) is 11.8. The second-order valence-corrected chi connectivity index (χ2v) is 7.97. The predicted molar refractivity (Wildman–Crippen MR) is 135 cm³/mol. The van der Waals surface area contributed by atoms with Crippen molar-refractivity contribution in [2.24, 2.45) is 0 Å². The highest BCUT2D eigenvalue weighted by Gasteiger charge is 2.26. The number of hydrogen-bond acceptors (Lipinski definition) is 5. The largest absolute Gasteiger partial charge is 0.496 e. The Morgan fingerprint density at radius 1 is 1.12 bits per heavy atom. The number of benzene rings is 2. The van der Waals surface area contributed by atoms with Crippen LogP contribution < -0.4 is 15.4 Å². The molecule has 6 heteroatoms. The smallest absolute Gasteiger partial charge is 0.180 e. The Morgan fingerprint density at radius 2 is 1.97 bits per heavy atom. The number of hydrogen-bond donors (Lipinski definition) is 2. The average Bonchev–Trinajstić information content (AvgIpc) is 3.60. The SMILES string of the molecule is CC.CCNCc1cccc(-c2cn3ccnc3c(Nc3ccc(C4CC4)c(OC)c3)n2)c1. The minimum atomic E-state index is 0.638. The van der Waals surface area contributed by atoms with Crippen molar-refractivity contribution in [2.45, 2.75) is 46.1 Å². The van der Waals surface area contributed by atoms with Crippen molar-refractivity contribution in [1.29, 1.82) is 0 Å². The Balaban J connectivity index is 0.00000126. The highest BCUT2D eigenvalue weighted by molar-refractivity contribution is 5.74. The number of ether oxygens (including phenoxy) is 1. The number of anilines is 2. The maximum absolute atomic E-state index is 5.65. The monoisotopic (exact) mass is 443 g/mol. The first-order chi connectivity index (χ1) is 16.2. The third-order valence-corrected chi connectivity index (χ3v) is 5.69. The number of methoxy groups -OCH3 is 1. The van der Waals surface area contributed by atoms with Crippen molar-refractivity contribution in [3.63, 3.8) is 0 Å². The molecule has 5 rings (SSSR count). The molecule has 33 heavy (non-hydrogen) atoms. The maximum atomic E-state index is 5.65. The van der Waals surface area contributed by atoms with Gasteiger partial charge in [-0.25, -0.2) is 9.97 Å². The van der Waals surface area contributed by atoms with E-state index in [1.165, 1.54) is 24.0 Å². The molecule has 2 heterocycles. The van der Waals surface area contributed by atoms with Gasteiger partial charge >= 0.3 is 0 Å². The van der Waals surface area contributed by atoms with Crippen LogP contribution in [0.3, 0.4) is 0 Å². The van der Waals surface area contributed by atoms with Crippen LogP contribution in [0.15, 0.2) is 61.1 Å². The van der Waals surface area contributed by atoms with Crippen LogP contribution in [0.1, 0.15) is 50.7 Å². The zero-order valence-corrected chi connectivity index (χ0v) is 19.9. The van der Waals surface area contributed by atoms with Crippen LogP contribution in [0.4, 0.5) is 11.5 Å². The van der Waals surface area contributed by atoms with E-state index in [2.05, 4.69) is 65.0 Å². The zero-order valence-electron chi connectivity index (χ0n) is 19.9. The van der Waals surface area contributed by atoms with Gasteiger partial charge in [0.1, 0.15) is 5.75 Å². The van der Waals surface area contributed by atoms with Crippen LogP contribution in [0, 0.1) is 0 Å². The summed E-state index contributed by atoms with van der Waals surface area (Å²) in [6.07, 6.45) is 8.26. The maximum Gasteiger partial charge on any atom is 0.180 e. The van der Waals surface area contributed by atoms with Crippen LogP contribution in [0.2, 0.25) is 0 Å². The minimum absolute atomic E-state index is 0.638. The predicted octanol–water partition coefficient (Wildman–Crippen LogP) is 6.16.